The fourth-order valence-corrected chi connectivity index (χ4v) is 5.22. The highest BCUT2D eigenvalue weighted by Crippen LogP contribution is 2.56. The van der Waals surface area contributed by atoms with Crippen LogP contribution in [-0.2, 0) is 6.54 Å². The minimum Gasteiger partial charge on any atom is -0.350 e. The first-order valence-electron chi connectivity index (χ1n) is 7.66. The van der Waals surface area contributed by atoms with Gasteiger partial charge in [-0.1, -0.05) is 6.08 Å². The molecule has 4 aliphatic rings. The Bertz CT molecular complexity index is 453. The lowest BCUT2D eigenvalue weighted by Gasteiger charge is -2.57. The predicted octanol–water partition coefficient (Wildman–Crippen LogP) is 3.45. The molecule has 4 aliphatic carbocycles. The van der Waals surface area contributed by atoms with Crippen molar-refractivity contribution in [1.29, 1.82) is 0 Å². The lowest BCUT2D eigenvalue weighted by molar-refractivity contribution is 0.0102. The van der Waals surface area contributed by atoms with Gasteiger partial charge in [-0.25, -0.2) is 4.98 Å². The lowest BCUT2D eigenvalue weighted by Crippen LogP contribution is -2.55. The first kappa shape index (κ1) is 11.6. The smallest absolute Gasteiger partial charge is 0.203 e. The highest BCUT2D eigenvalue weighted by atomic mass is 15.2. The Morgan fingerprint density at radius 3 is 2.47 bits per heavy atom. The molecule has 4 bridgehead atoms. The Balaban J connectivity index is 1.58. The molecule has 1 heterocycles. The number of nitrogens with zero attached hydrogens (tertiary/aromatic N) is 2. The van der Waals surface area contributed by atoms with Gasteiger partial charge in [0.15, 0.2) is 0 Å². The highest BCUT2D eigenvalue weighted by molar-refractivity contribution is 5.33. The maximum absolute atomic E-state index is 4.51. The van der Waals surface area contributed by atoms with E-state index in [0.29, 0.717) is 5.54 Å². The molecule has 0 aromatic carbocycles. The van der Waals surface area contributed by atoms with Crippen LogP contribution in [0.1, 0.15) is 38.5 Å². The molecule has 102 valence electrons. The minimum atomic E-state index is 0.346. The van der Waals surface area contributed by atoms with Gasteiger partial charge in [0.25, 0.3) is 0 Å². The Morgan fingerprint density at radius 2 is 1.89 bits per heavy atom. The summed E-state index contributed by atoms with van der Waals surface area (Å²) in [5, 5.41) is 3.82. The van der Waals surface area contributed by atoms with E-state index in [2.05, 4.69) is 21.4 Å². The lowest BCUT2D eigenvalue weighted by atomic mass is 9.53. The summed E-state index contributed by atoms with van der Waals surface area (Å²) in [6.07, 6.45) is 14.4. The normalized spacial score (nSPS) is 39.5. The third-order valence-electron chi connectivity index (χ3n) is 5.46. The Morgan fingerprint density at radius 1 is 1.26 bits per heavy atom. The summed E-state index contributed by atoms with van der Waals surface area (Å²) in [5.41, 5.74) is 0.346. The first-order valence-corrected chi connectivity index (χ1v) is 7.66. The quantitative estimate of drug-likeness (QED) is 0.837. The fourth-order valence-electron chi connectivity index (χ4n) is 5.22. The Labute approximate surface area is 115 Å². The largest absolute Gasteiger partial charge is 0.350 e. The zero-order valence-electron chi connectivity index (χ0n) is 11.5. The van der Waals surface area contributed by atoms with Gasteiger partial charge < -0.3 is 9.88 Å². The standard InChI is InChI=1S/C16H23N3/c1-2-4-19-5-3-17-15(19)18-16-9-12-6-13(10-16)8-14(7-12)11-16/h2-3,5,12-14H,1,4,6-11H2,(H,17,18). The summed E-state index contributed by atoms with van der Waals surface area (Å²) in [6, 6.07) is 0. The number of aromatic nitrogens is 2. The fraction of sp³-hybridized carbons (Fsp3) is 0.688. The molecule has 3 nitrogen and oxygen atoms in total. The average Bonchev–Trinajstić information content (AvgIpc) is 2.74. The van der Waals surface area contributed by atoms with Crippen molar-refractivity contribution in [2.75, 3.05) is 5.32 Å². The molecule has 3 heteroatoms. The zero-order chi connectivity index (χ0) is 12.9. The zero-order valence-corrected chi connectivity index (χ0v) is 11.5. The van der Waals surface area contributed by atoms with Crippen molar-refractivity contribution in [3.8, 4) is 0 Å². The number of allylic oxidation sites excluding steroid dienone is 1. The van der Waals surface area contributed by atoms with E-state index in [1.165, 1.54) is 38.5 Å². The van der Waals surface area contributed by atoms with Gasteiger partial charge >= 0.3 is 0 Å². The summed E-state index contributed by atoms with van der Waals surface area (Å²) in [7, 11) is 0. The predicted molar refractivity (Wildman–Crippen MR) is 76.9 cm³/mol. The van der Waals surface area contributed by atoms with Crippen LogP contribution in [0.25, 0.3) is 0 Å². The van der Waals surface area contributed by atoms with Gasteiger partial charge in [0, 0.05) is 24.5 Å². The molecular formula is C16H23N3. The molecule has 1 aromatic heterocycles. The van der Waals surface area contributed by atoms with E-state index in [4.69, 9.17) is 0 Å². The maximum atomic E-state index is 4.51. The van der Waals surface area contributed by atoms with Gasteiger partial charge in [0.1, 0.15) is 0 Å². The molecule has 5 rings (SSSR count). The van der Waals surface area contributed by atoms with Gasteiger partial charge in [-0.2, -0.15) is 0 Å². The number of rotatable bonds is 4. The van der Waals surface area contributed by atoms with Gasteiger partial charge in [0.2, 0.25) is 5.95 Å². The topological polar surface area (TPSA) is 29.9 Å². The summed E-state index contributed by atoms with van der Waals surface area (Å²) >= 11 is 0. The van der Waals surface area contributed by atoms with Crippen molar-refractivity contribution in [1.82, 2.24) is 9.55 Å². The van der Waals surface area contributed by atoms with Crippen molar-refractivity contribution in [2.24, 2.45) is 17.8 Å². The molecule has 4 saturated carbocycles. The summed E-state index contributed by atoms with van der Waals surface area (Å²) in [4.78, 5) is 4.51. The van der Waals surface area contributed by atoms with Crippen LogP contribution in [0.5, 0.6) is 0 Å². The number of anilines is 1. The van der Waals surface area contributed by atoms with Crippen molar-refractivity contribution in [3.63, 3.8) is 0 Å². The maximum Gasteiger partial charge on any atom is 0.203 e. The second kappa shape index (κ2) is 4.12. The third kappa shape index (κ3) is 1.90. The first-order chi connectivity index (χ1) is 9.26. The van der Waals surface area contributed by atoms with E-state index >= 15 is 0 Å². The molecule has 0 saturated heterocycles. The van der Waals surface area contributed by atoms with E-state index in [1.54, 1.807) is 0 Å². The monoisotopic (exact) mass is 257 g/mol. The van der Waals surface area contributed by atoms with Crippen LogP contribution in [0, 0.1) is 17.8 Å². The Hall–Kier alpha value is -1.25. The summed E-state index contributed by atoms with van der Waals surface area (Å²) in [6.45, 7) is 4.67. The van der Waals surface area contributed by atoms with Crippen molar-refractivity contribution < 1.29 is 0 Å². The molecule has 0 radical (unpaired) electrons. The second-order valence-corrected chi connectivity index (χ2v) is 7.01. The SMILES string of the molecule is C=CCn1ccnc1NC12CC3CC(CC(C3)C1)C2. The van der Waals surface area contributed by atoms with Crippen molar-refractivity contribution in [2.45, 2.75) is 50.6 Å². The van der Waals surface area contributed by atoms with E-state index < -0.39 is 0 Å². The average molecular weight is 257 g/mol. The summed E-state index contributed by atoms with van der Waals surface area (Å²) < 4.78 is 2.17. The van der Waals surface area contributed by atoms with Gasteiger partial charge in [-0.15, -0.1) is 6.58 Å². The van der Waals surface area contributed by atoms with Crippen LogP contribution in [0.2, 0.25) is 0 Å². The molecule has 0 aliphatic heterocycles. The molecular weight excluding hydrogens is 234 g/mol. The molecule has 1 N–H and O–H groups in total. The van der Waals surface area contributed by atoms with E-state index in [-0.39, 0.29) is 0 Å². The van der Waals surface area contributed by atoms with Gasteiger partial charge in [0.05, 0.1) is 0 Å². The third-order valence-corrected chi connectivity index (χ3v) is 5.46. The molecule has 0 amide bonds. The molecule has 1 aromatic rings. The Kier molecular flexibility index (Phi) is 2.51. The minimum absolute atomic E-state index is 0.346. The van der Waals surface area contributed by atoms with Crippen molar-refractivity contribution >= 4 is 5.95 Å². The number of hydrogen-bond donors (Lipinski definition) is 1. The van der Waals surface area contributed by atoms with Crippen LogP contribution in [0.3, 0.4) is 0 Å². The highest BCUT2D eigenvalue weighted by Gasteiger charge is 2.51. The van der Waals surface area contributed by atoms with Gasteiger partial charge in [-0.3, -0.25) is 0 Å². The number of imidazole rings is 1. The molecule has 4 fully saturated rings. The summed E-state index contributed by atoms with van der Waals surface area (Å²) in [5.74, 6) is 3.96. The number of nitrogens with one attached hydrogen (secondary N) is 1. The van der Waals surface area contributed by atoms with Gasteiger partial charge in [-0.05, 0) is 56.3 Å². The van der Waals surface area contributed by atoms with Crippen LogP contribution in [-0.4, -0.2) is 15.1 Å². The second-order valence-electron chi connectivity index (χ2n) is 7.01. The van der Waals surface area contributed by atoms with Crippen LogP contribution in [0.15, 0.2) is 25.0 Å². The molecule has 0 atom stereocenters. The molecule has 0 unspecified atom stereocenters. The molecule has 0 spiro atoms. The van der Waals surface area contributed by atoms with E-state index in [1.807, 2.05) is 18.5 Å². The molecule has 19 heavy (non-hydrogen) atoms. The number of hydrogen-bond acceptors (Lipinski definition) is 2. The van der Waals surface area contributed by atoms with Crippen molar-refractivity contribution in [3.05, 3.63) is 25.0 Å². The van der Waals surface area contributed by atoms with Crippen LogP contribution in [0.4, 0.5) is 5.95 Å². The van der Waals surface area contributed by atoms with Crippen LogP contribution >= 0.6 is 0 Å². The van der Waals surface area contributed by atoms with E-state index in [0.717, 1.165) is 30.2 Å². The van der Waals surface area contributed by atoms with Crippen LogP contribution < -0.4 is 5.32 Å². The van der Waals surface area contributed by atoms with E-state index in [9.17, 15) is 0 Å².